The summed E-state index contributed by atoms with van der Waals surface area (Å²) in [5.41, 5.74) is 0. The van der Waals surface area contributed by atoms with E-state index < -0.39 is 16.7 Å². The molecular weight excluding hydrogens is 276 g/mol. The first kappa shape index (κ1) is 15.5. The lowest BCUT2D eigenvalue weighted by Crippen LogP contribution is -2.41. The zero-order valence-electron chi connectivity index (χ0n) is 11.8. The maximum absolute atomic E-state index is 12.1. The van der Waals surface area contributed by atoms with Crippen LogP contribution < -0.4 is 5.32 Å². The van der Waals surface area contributed by atoms with Gasteiger partial charge >= 0.3 is 5.88 Å². The predicted octanol–water partition coefficient (Wildman–Crippen LogP) is 2.25. The number of nitro groups is 1. The van der Waals surface area contributed by atoms with Gasteiger partial charge in [0.25, 0.3) is 5.91 Å². The summed E-state index contributed by atoms with van der Waals surface area (Å²) < 4.78 is 4.90. The molecule has 1 saturated carbocycles. The zero-order valence-corrected chi connectivity index (χ0v) is 11.8. The molecule has 2 N–H and O–H groups in total. The Morgan fingerprint density at radius 2 is 2.14 bits per heavy atom. The molecule has 1 atom stereocenters. The molecule has 1 aromatic heterocycles. The van der Waals surface area contributed by atoms with Crippen molar-refractivity contribution in [1.29, 1.82) is 0 Å². The highest BCUT2D eigenvalue weighted by Crippen LogP contribution is 2.28. The summed E-state index contributed by atoms with van der Waals surface area (Å²) >= 11 is 0. The van der Waals surface area contributed by atoms with Crippen molar-refractivity contribution in [2.75, 3.05) is 6.61 Å². The fourth-order valence-corrected chi connectivity index (χ4v) is 2.89. The number of carbonyl (C=O) groups is 1. The summed E-state index contributed by atoms with van der Waals surface area (Å²) in [5.74, 6) is -0.635. The van der Waals surface area contributed by atoms with E-state index in [-0.39, 0.29) is 18.4 Å². The third-order valence-electron chi connectivity index (χ3n) is 3.97. The van der Waals surface area contributed by atoms with Crippen LogP contribution in [0.25, 0.3) is 0 Å². The molecule has 1 aliphatic carbocycles. The van der Waals surface area contributed by atoms with Crippen LogP contribution in [-0.2, 0) is 0 Å². The molecule has 1 amide bonds. The fourth-order valence-electron chi connectivity index (χ4n) is 2.89. The number of hydrogen-bond acceptors (Lipinski definition) is 5. The fraction of sp³-hybridized carbons (Fsp3) is 0.643. The van der Waals surface area contributed by atoms with E-state index in [0.717, 1.165) is 31.7 Å². The van der Waals surface area contributed by atoms with E-state index >= 15 is 0 Å². The van der Waals surface area contributed by atoms with Crippen molar-refractivity contribution in [1.82, 2.24) is 5.32 Å². The third-order valence-corrected chi connectivity index (χ3v) is 3.97. The van der Waals surface area contributed by atoms with E-state index in [1.807, 2.05) is 0 Å². The molecule has 116 valence electrons. The summed E-state index contributed by atoms with van der Waals surface area (Å²) in [4.78, 5) is 22.0. The van der Waals surface area contributed by atoms with E-state index in [1.165, 1.54) is 12.5 Å². The van der Waals surface area contributed by atoms with Gasteiger partial charge in [-0.15, -0.1) is 0 Å². The van der Waals surface area contributed by atoms with Crippen LogP contribution in [0.1, 0.15) is 49.1 Å². The number of furan rings is 1. The molecule has 0 bridgehead atoms. The Morgan fingerprint density at radius 3 is 2.71 bits per heavy atom. The van der Waals surface area contributed by atoms with Crippen LogP contribution in [0.15, 0.2) is 16.5 Å². The molecule has 7 heteroatoms. The summed E-state index contributed by atoms with van der Waals surface area (Å²) in [6, 6.07) is 2.34. The van der Waals surface area contributed by atoms with Gasteiger partial charge in [0.2, 0.25) is 0 Å². The molecule has 1 aromatic rings. The Hall–Kier alpha value is -1.89. The molecule has 7 nitrogen and oxygen atoms in total. The Kier molecular flexibility index (Phi) is 5.32. The second-order valence-electron chi connectivity index (χ2n) is 5.39. The van der Waals surface area contributed by atoms with Crippen LogP contribution in [0.3, 0.4) is 0 Å². The van der Waals surface area contributed by atoms with Crippen molar-refractivity contribution < 1.29 is 19.2 Å². The molecule has 1 fully saturated rings. The van der Waals surface area contributed by atoms with Crippen molar-refractivity contribution in [2.45, 2.75) is 44.6 Å². The molecule has 0 saturated heterocycles. The largest absolute Gasteiger partial charge is 0.433 e. The second-order valence-corrected chi connectivity index (χ2v) is 5.39. The van der Waals surface area contributed by atoms with Gasteiger partial charge in [0.15, 0.2) is 5.76 Å². The smallest absolute Gasteiger partial charge is 0.396 e. The van der Waals surface area contributed by atoms with Crippen molar-refractivity contribution in [3.63, 3.8) is 0 Å². The number of amides is 1. The third kappa shape index (κ3) is 4.04. The Morgan fingerprint density at radius 1 is 1.43 bits per heavy atom. The summed E-state index contributed by atoms with van der Waals surface area (Å²) in [6.07, 6.45) is 6.02. The highest BCUT2D eigenvalue weighted by atomic mass is 16.6. The average molecular weight is 296 g/mol. The lowest BCUT2D eigenvalue weighted by atomic mass is 9.82. The molecular formula is C14H20N2O5. The lowest BCUT2D eigenvalue weighted by Gasteiger charge is -2.30. The lowest BCUT2D eigenvalue weighted by molar-refractivity contribution is -0.402. The second kappa shape index (κ2) is 7.21. The normalized spacial score (nSPS) is 17.4. The van der Waals surface area contributed by atoms with Gasteiger partial charge < -0.3 is 14.8 Å². The monoisotopic (exact) mass is 296 g/mol. The first-order valence-electron chi connectivity index (χ1n) is 7.27. The van der Waals surface area contributed by atoms with Crippen LogP contribution in [0.4, 0.5) is 5.88 Å². The molecule has 2 rings (SSSR count). The molecule has 0 aromatic carbocycles. The average Bonchev–Trinajstić information content (AvgIpc) is 2.98. The molecule has 21 heavy (non-hydrogen) atoms. The van der Waals surface area contributed by atoms with E-state index in [2.05, 4.69) is 5.32 Å². The number of aliphatic hydroxyl groups excluding tert-OH is 1. The van der Waals surface area contributed by atoms with Gasteiger partial charge in [0.05, 0.1) is 6.07 Å². The highest BCUT2D eigenvalue weighted by Gasteiger charge is 2.26. The van der Waals surface area contributed by atoms with Gasteiger partial charge in [-0.25, -0.2) is 0 Å². The first-order chi connectivity index (χ1) is 10.1. The van der Waals surface area contributed by atoms with Gasteiger partial charge in [-0.05, 0) is 31.2 Å². The van der Waals surface area contributed by atoms with Crippen LogP contribution in [-0.4, -0.2) is 28.6 Å². The van der Waals surface area contributed by atoms with E-state index in [1.54, 1.807) is 0 Å². The molecule has 0 radical (unpaired) electrons. The van der Waals surface area contributed by atoms with Crippen molar-refractivity contribution >= 4 is 11.8 Å². The number of aliphatic hydroxyl groups is 1. The summed E-state index contributed by atoms with van der Waals surface area (Å²) in [7, 11) is 0. The minimum Gasteiger partial charge on any atom is -0.396 e. The molecule has 1 unspecified atom stereocenters. The van der Waals surface area contributed by atoms with Crippen LogP contribution in [0.2, 0.25) is 0 Å². The minimum atomic E-state index is -0.677. The number of hydrogen-bond donors (Lipinski definition) is 2. The quantitative estimate of drug-likeness (QED) is 0.618. The van der Waals surface area contributed by atoms with Gasteiger partial charge in [-0.1, -0.05) is 19.3 Å². The summed E-state index contributed by atoms with van der Waals surface area (Å²) in [6.45, 7) is -0.000249. The minimum absolute atomic E-state index is 0.000249. The Balaban J connectivity index is 2.00. The Bertz CT molecular complexity index is 493. The number of nitrogens with zero attached hydrogens (tertiary/aromatic N) is 1. The number of carbonyl (C=O) groups excluding carboxylic acids is 1. The molecule has 0 spiro atoms. The Labute approximate surface area is 122 Å². The van der Waals surface area contributed by atoms with Crippen molar-refractivity contribution in [3.05, 3.63) is 28.0 Å². The van der Waals surface area contributed by atoms with Crippen LogP contribution in [0, 0.1) is 16.0 Å². The maximum Gasteiger partial charge on any atom is 0.433 e. The van der Waals surface area contributed by atoms with E-state index in [4.69, 9.17) is 9.52 Å². The van der Waals surface area contributed by atoms with E-state index in [0.29, 0.717) is 12.3 Å². The standard InChI is InChI=1S/C14H20N2O5/c17-9-8-11(10-4-2-1-3-5-10)15-14(18)12-6-7-13(21-12)16(19)20/h6-7,10-11,17H,1-5,8-9H2,(H,15,18). The molecule has 1 heterocycles. The van der Waals surface area contributed by atoms with Gasteiger partial charge in [0.1, 0.15) is 4.92 Å². The number of rotatable bonds is 6. The highest BCUT2D eigenvalue weighted by molar-refractivity contribution is 5.91. The first-order valence-corrected chi connectivity index (χ1v) is 7.27. The zero-order chi connectivity index (χ0) is 15.2. The van der Waals surface area contributed by atoms with E-state index in [9.17, 15) is 14.9 Å². The van der Waals surface area contributed by atoms with Crippen molar-refractivity contribution in [2.24, 2.45) is 5.92 Å². The number of nitrogens with one attached hydrogen (secondary N) is 1. The predicted molar refractivity (Wildman–Crippen MR) is 74.9 cm³/mol. The maximum atomic E-state index is 12.1. The molecule has 0 aliphatic heterocycles. The van der Waals surface area contributed by atoms with Crippen LogP contribution in [0.5, 0.6) is 0 Å². The SMILES string of the molecule is O=C(NC(CCO)C1CCCCC1)c1ccc([N+](=O)[O-])o1. The molecule has 1 aliphatic rings. The van der Waals surface area contributed by atoms with Crippen molar-refractivity contribution in [3.8, 4) is 0 Å². The van der Waals surface area contributed by atoms with Crippen LogP contribution >= 0.6 is 0 Å². The van der Waals surface area contributed by atoms with Gasteiger partial charge in [0, 0.05) is 12.6 Å². The topological polar surface area (TPSA) is 106 Å². The van der Waals surface area contributed by atoms with Gasteiger partial charge in [-0.2, -0.15) is 0 Å². The van der Waals surface area contributed by atoms with Gasteiger partial charge in [-0.3, -0.25) is 14.9 Å². The summed E-state index contributed by atoms with van der Waals surface area (Å²) in [5, 5.41) is 22.6.